The van der Waals surface area contributed by atoms with E-state index in [9.17, 15) is 4.79 Å². The van der Waals surface area contributed by atoms with Crippen LogP contribution in [0.3, 0.4) is 0 Å². The van der Waals surface area contributed by atoms with Crippen LogP contribution in [0.5, 0.6) is 0 Å². The summed E-state index contributed by atoms with van der Waals surface area (Å²) < 4.78 is 0. The van der Waals surface area contributed by atoms with E-state index in [2.05, 4.69) is 46.3 Å². The van der Waals surface area contributed by atoms with Crippen molar-refractivity contribution < 1.29 is 4.79 Å². The number of amides is 1. The van der Waals surface area contributed by atoms with Gasteiger partial charge in [-0.1, -0.05) is 18.2 Å². The first-order valence-corrected chi connectivity index (χ1v) is 10.3. The van der Waals surface area contributed by atoms with Crippen molar-refractivity contribution in [3.63, 3.8) is 0 Å². The van der Waals surface area contributed by atoms with Crippen LogP contribution in [0.25, 0.3) is 0 Å². The maximum Gasteiger partial charge on any atom is 0.220 e. The molecule has 1 fully saturated rings. The number of carbonyl (C=O) groups excluding carboxylic acids is 1. The monoisotopic (exact) mass is 371 g/mol. The second kappa shape index (κ2) is 9.74. The highest BCUT2D eigenvalue weighted by Crippen LogP contribution is 2.27. The molecule has 1 aromatic rings. The van der Waals surface area contributed by atoms with E-state index in [1.807, 2.05) is 0 Å². The van der Waals surface area contributed by atoms with Crippen LogP contribution in [-0.2, 0) is 11.2 Å². The first-order chi connectivity index (χ1) is 13.2. The number of hydrogen-bond donors (Lipinski definition) is 2. The lowest BCUT2D eigenvalue weighted by Gasteiger charge is -2.30. The molecule has 0 saturated carbocycles. The van der Waals surface area contributed by atoms with Gasteiger partial charge in [-0.25, -0.2) is 0 Å². The van der Waals surface area contributed by atoms with Crippen molar-refractivity contribution in [2.45, 2.75) is 39.0 Å². The normalized spacial score (nSPS) is 18.6. The number of hydrogen-bond acceptors (Lipinski definition) is 3. The number of piperidine rings is 1. The predicted molar refractivity (Wildman–Crippen MR) is 111 cm³/mol. The summed E-state index contributed by atoms with van der Waals surface area (Å²) in [5.74, 6) is 0.949. The number of unbranched alkanes of at least 4 members (excludes halogenated alkanes) is 1. The van der Waals surface area contributed by atoms with E-state index in [4.69, 9.17) is 10.7 Å². The fourth-order valence-corrected chi connectivity index (χ4v) is 4.03. The number of primary amides is 1. The van der Waals surface area contributed by atoms with E-state index >= 15 is 0 Å². The van der Waals surface area contributed by atoms with Crippen LogP contribution in [0.2, 0.25) is 0 Å². The molecule has 1 saturated heterocycles. The zero-order valence-corrected chi connectivity index (χ0v) is 16.5. The Morgan fingerprint density at radius 2 is 2.00 bits per heavy atom. The number of nitrogens with two attached hydrogens (primary N) is 1. The number of likely N-dealkylation sites (tertiary alicyclic amines) is 1. The van der Waals surface area contributed by atoms with Crippen LogP contribution >= 0.6 is 0 Å². The Bertz CT molecular complexity index is 652. The summed E-state index contributed by atoms with van der Waals surface area (Å²) in [5.41, 5.74) is 8.10. The van der Waals surface area contributed by atoms with Crippen molar-refractivity contribution in [1.29, 1.82) is 0 Å². The summed E-state index contributed by atoms with van der Waals surface area (Å²) in [6, 6.07) is 8.60. The zero-order valence-electron chi connectivity index (χ0n) is 16.5. The smallest absolute Gasteiger partial charge is 0.220 e. The Balaban J connectivity index is 1.43. The van der Waals surface area contributed by atoms with Crippen LogP contribution in [0.4, 0.5) is 5.69 Å². The van der Waals surface area contributed by atoms with Gasteiger partial charge in [0.1, 0.15) is 0 Å². The molecule has 0 unspecified atom stereocenters. The molecule has 0 aliphatic carbocycles. The summed E-state index contributed by atoms with van der Waals surface area (Å²) in [7, 11) is 0. The molecule has 0 spiro atoms. The van der Waals surface area contributed by atoms with Gasteiger partial charge in [-0.05, 0) is 70.3 Å². The van der Waals surface area contributed by atoms with Crippen LogP contribution in [0.1, 0.15) is 38.2 Å². The lowest BCUT2D eigenvalue weighted by molar-refractivity contribution is -0.123. The minimum absolute atomic E-state index is 0.0804. The quantitative estimate of drug-likeness (QED) is 0.437. The third kappa shape index (κ3) is 5.22. The van der Waals surface area contributed by atoms with Gasteiger partial charge in [-0.2, -0.15) is 0 Å². The fraction of sp³-hybridized carbons (Fsp3) is 0.619. The number of benzene rings is 1. The number of aliphatic imine (C=N–C) groups is 1. The summed E-state index contributed by atoms with van der Waals surface area (Å²) >= 11 is 0. The number of rotatable bonds is 7. The van der Waals surface area contributed by atoms with E-state index in [0.717, 1.165) is 77.3 Å². The Kier molecular flexibility index (Phi) is 7.10. The van der Waals surface area contributed by atoms with Gasteiger partial charge in [-0.15, -0.1) is 0 Å². The van der Waals surface area contributed by atoms with Crippen LogP contribution < -0.4 is 16.0 Å². The Hall–Kier alpha value is -2.08. The molecule has 3 rings (SSSR count). The van der Waals surface area contributed by atoms with Gasteiger partial charge in [-0.3, -0.25) is 9.79 Å². The molecule has 6 heteroatoms. The second-order valence-electron chi connectivity index (χ2n) is 7.49. The van der Waals surface area contributed by atoms with Crippen molar-refractivity contribution in [1.82, 2.24) is 10.2 Å². The average molecular weight is 372 g/mol. The first-order valence-electron chi connectivity index (χ1n) is 10.3. The lowest BCUT2D eigenvalue weighted by atomic mass is 9.96. The topological polar surface area (TPSA) is 74.0 Å². The zero-order chi connectivity index (χ0) is 19.1. The van der Waals surface area contributed by atoms with E-state index in [0.29, 0.717) is 0 Å². The van der Waals surface area contributed by atoms with Crippen LogP contribution in [0, 0.1) is 5.92 Å². The number of guanidine groups is 1. The molecule has 148 valence electrons. The SMILES string of the molecule is CCNC(=NCCCCN1CCC(C(N)=O)CC1)N1CCc2ccccc21. The second-order valence-corrected chi connectivity index (χ2v) is 7.49. The number of nitrogens with one attached hydrogen (secondary N) is 1. The average Bonchev–Trinajstić information content (AvgIpc) is 3.11. The molecule has 0 radical (unpaired) electrons. The number of para-hydroxylation sites is 1. The van der Waals surface area contributed by atoms with Gasteiger partial charge in [0.25, 0.3) is 0 Å². The molecule has 1 amide bonds. The van der Waals surface area contributed by atoms with Crippen LogP contribution in [0.15, 0.2) is 29.3 Å². The third-order valence-corrected chi connectivity index (χ3v) is 5.61. The van der Waals surface area contributed by atoms with Crippen molar-refractivity contribution >= 4 is 17.6 Å². The molecule has 0 atom stereocenters. The van der Waals surface area contributed by atoms with Gasteiger partial charge in [0.05, 0.1) is 0 Å². The van der Waals surface area contributed by atoms with Gasteiger partial charge in [0.2, 0.25) is 5.91 Å². The molecule has 27 heavy (non-hydrogen) atoms. The van der Waals surface area contributed by atoms with E-state index in [1.165, 1.54) is 11.3 Å². The summed E-state index contributed by atoms with van der Waals surface area (Å²) in [5, 5.41) is 3.44. The van der Waals surface area contributed by atoms with Crippen molar-refractivity contribution in [3.05, 3.63) is 29.8 Å². The largest absolute Gasteiger partial charge is 0.369 e. The minimum Gasteiger partial charge on any atom is -0.369 e. The standard InChI is InChI=1S/C21H33N5O/c1-2-23-21(26-16-11-17-7-3-4-8-19(17)26)24-12-5-6-13-25-14-9-18(10-15-25)20(22)27/h3-4,7-8,18H,2,5-6,9-16H2,1H3,(H2,22,27)(H,23,24). The van der Waals surface area contributed by atoms with Crippen molar-refractivity contribution in [2.75, 3.05) is 44.2 Å². The van der Waals surface area contributed by atoms with Gasteiger partial charge < -0.3 is 20.9 Å². The van der Waals surface area contributed by atoms with Crippen molar-refractivity contribution in [3.8, 4) is 0 Å². The molecular formula is C21H33N5O. The van der Waals surface area contributed by atoms with Gasteiger partial charge in [0.15, 0.2) is 5.96 Å². The molecule has 0 aromatic heterocycles. The molecule has 6 nitrogen and oxygen atoms in total. The van der Waals surface area contributed by atoms with Gasteiger partial charge in [0, 0.05) is 31.2 Å². The minimum atomic E-state index is -0.136. The van der Waals surface area contributed by atoms with E-state index in [1.54, 1.807) is 0 Å². The maximum absolute atomic E-state index is 11.2. The number of anilines is 1. The van der Waals surface area contributed by atoms with Gasteiger partial charge >= 0.3 is 0 Å². The molecule has 3 N–H and O–H groups in total. The van der Waals surface area contributed by atoms with E-state index in [-0.39, 0.29) is 11.8 Å². The lowest BCUT2D eigenvalue weighted by Crippen LogP contribution is -2.40. The summed E-state index contributed by atoms with van der Waals surface area (Å²) in [6.07, 6.45) is 5.13. The highest BCUT2D eigenvalue weighted by molar-refractivity contribution is 5.97. The Morgan fingerprint density at radius 1 is 1.22 bits per heavy atom. The van der Waals surface area contributed by atoms with Crippen LogP contribution in [-0.4, -0.2) is 56.0 Å². The third-order valence-electron chi connectivity index (χ3n) is 5.61. The van der Waals surface area contributed by atoms with Crippen molar-refractivity contribution in [2.24, 2.45) is 16.6 Å². The Morgan fingerprint density at radius 3 is 2.74 bits per heavy atom. The fourth-order valence-electron chi connectivity index (χ4n) is 4.03. The summed E-state index contributed by atoms with van der Waals surface area (Å²) in [4.78, 5) is 20.9. The Labute approximate surface area is 162 Å². The summed E-state index contributed by atoms with van der Waals surface area (Å²) in [6.45, 7) is 7.91. The highest BCUT2D eigenvalue weighted by Gasteiger charge is 2.23. The first kappa shape index (κ1) is 19.7. The molecule has 0 bridgehead atoms. The molecule has 2 aliphatic rings. The molecule has 1 aromatic carbocycles. The number of nitrogens with zero attached hydrogens (tertiary/aromatic N) is 3. The number of fused-ring (bicyclic) bond motifs is 1. The number of carbonyl (C=O) groups is 1. The molecule has 2 heterocycles. The highest BCUT2D eigenvalue weighted by atomic mass is 16.1. The predicted octanol–water partition coefficient (Wildman–Crippen LogP) is 1.99. The maximum atomic E-state index is 11.2. The molecule has 2 aliphatic heterocycles. The molecular weight excluding hydrogens is 338 g/mol. The van der Waals surface area contributed by atoms with E-state index < -0.39 is 0 Å².